The van der Waals surface area contributed by atoms with E-state index in [9.17, 15) is 21.0 Å². The summed E-state index contributed by atoms with van der Waals surface area (Å²) >= 11 is 0. The normalized spacial score (nSPS) is 12.0. The highest BCUT2D eigenvalue weighted by atomic mass is 14.4. The van der Waals surface area contributed by atoms with Crippen molar-refractivity contribution in [1.29, 1.82) is 42.7 Å². The first-order chi connectivity index (χ1) is 17.5. The molecule has 2 aromatic carbocycles. The number of fused-ring (bicyclic) bond motifs is 3. The van der Waals surface area contributed by atoms with Crippen molar-refractivity contribution < 1.29 is 0 Å². The number of nitrogens with one attached hydrogen (secondary N) is 4. The molecule has 2 aromatic rings. The number of rotatable bonds is 4. The highest BCUT2D eigenvalue weighted by Crippen LogP contribution is 2.34. The van der Waals surface area contributed by atoms with Crippen LogP contribution in [-0.4, -0.2) is 23.5 Å². The third-order valence-corrected chi connectivity index (χ3v) is 5.88. The molecule has 8 nitrogen and oxygen atoms in total. The lowest BCUT2D eigenvalue weighted by molar-refractivity contribution is 1.48. The van der Waals surface area contributed by atoms with Gasteiger partial charge in [-0.15, -0.1) is 0 Å². The van der Waals surface area contributed by atoms with Crippen molar-refractivity contribution in [3.05, 3.63) is 80.3 Å². The van der Waals surface area contributed by atoms with E-state index in [-0.39, 0.29) is 22.3 Å². The highest BCUT2D eigenvalue weighted by Gasteiger charge is 2.24. The second-order valence-electron chi connectivity index (χ2n) is 7.53. The molecule has 0 atom stereocenters. The summed E-state index contributed by atoms with van der Waals surface area (Å²) in [5.41, 5.74) is 2.45. The number of nitriles is 4. The van der Waals surface area contributed by atoms with E-state index in [0.29, 0.717) is 54.6 Å². The van der Waals surface area contributed by atoms with Crippen molar-refractivity contribution in [3.63, 3.8) is 0 Å². The Labute approximate surface area is 203 Å². The highest BCUT2D eigenvalue weighted by molar-refractivity contribution is 6.09. The molecular weight excluding hydrogens is 448 g/mol. The van der Waals surface area contributed by atoms with Gasteiger partial charge in [0.05, 0.1) is 0 Å². The van der Waals surface area contributed by atoms with Crippen LogP contribution in [0.4, 0.5) is 0 Å². The van der Waals surface area contributed by atoms with Gasteiger partial charge in [0, 0.05) is 22.3 Å². The average molecular weight is 458 g/mol. The van der Waals surface area contributed by atoms with Gasteiger partial charge in [0.25, 0.3) is 0 Å². The van der Waals surface area contributed by atoms with E-state index in [1.54, 1.807) is 36.4 Å². The molecule has 0 heterocycles. The Kier molecular flexibility index (Phi) is 5.65. The molecule has 0 fully saturated rings. The minimum absolute atomic E-state index is 0.0430. The summed E-state index contributed by atoms with van der Waals surface area (Å²) < 4.78 is 0. The van der Waals surface area contributed by atoms with Gasteiger partial charge in [-0.3, -0.25) is 21.6 Å². The van der Waals surface area contributed by atoms with E-state index in [2.05, 4.69) is 23.5 Å². The Morgan fingerprint density at radius 1 is 0.500 bits per heavy atom. The van der Waals surface area contributed by atoms with Crippen LogP contribution < -0.4 is 10.4 Å². The van der Waals surface area contributed by atoms with Crippen molar-refractivity contribution in [1.82, 2.24) is 0 Å². The van der Waals surface area contributed by atoms with E-state index in [0.717, 1.165) is 0 Å². The SMILES string of the molecule is N#CC(=C=N)C1=CC(C(=C=N)C#N)=c2cc3cc4c(cc3cc21)=C(C(=C=N)C#N)C=C4C(=C=N)C#N. The van der Waals surface area contributed by atoms with Crippen LogP contribution in [0.25, 0.3) is 33.1 Å². The minimum atomic E-state index is -0.0430. The molecule has 4 N–H and O–H groups in total. The van der Waals surface area contributed by atoms with Gasteiger partial charge in [-0.05, 0) is 92.2 Å². The molecular formula is C28H10N8. The zero-order chi connectivity index (χ0) is 26.0. The quantitative estimate of drug-likeness (QED) is 0.405. The average Bonchev–Trinajstić information content (AvgIpc) is 3.43. The Bertz CT molecular complexity index is 1880. The number of nitrogens with zero attached hydrogens (tertiary/aromatic N) is 4. The monoisotopic (exact) mass is 458 g/mol. The molecule has 0 bridgehead atoms. The van der Waals surface area contributed by atoms with Gasteiger partial charge in [-0.1, -0.05) is 0 Å². The Morgan fingerprint density at radius 2 is 0.833 bits per heavy atom. The lowest BCUT2D eigenvalue weighted by Gasteiger charge is -2.08. The predicted molar refractivity (Wildman–Crippen MR) is 133 cm³/mol. The summed E-state index contributed by atoms with van der Waals surface area (Å²) in [6, 6.07) is 14.8. The van der Waals surface area contributed by atoms with Crippen LogP contribution in [0.1, 0.15) is 11.1 Å². The summed E-state index contributed by atoms with van der Waals surface area (Å²) in [4.78, 5) is 0. The van der Waals surface area contributed by atoms with Gasteiger partial charge in [-0.25, -0.2) is 0 Å². The molecule has 0 saturated heterocycles. The molecule has 0 aliphatic heterocycles. The summed E-state index contributed by atoms with van der Waals surface area (Å²) in [5, 5.41) is 70.5. The first kappa shape index (κ1) is 22.9. The molecule has 2 aliphatic rings. The third-order valence-electron chi connectivity index (χ3n) is 5.88. The summed E-state index contributed by atoms with van der Waals surface area (Å²) in [6.07, 6.45) is 3.11. The Hall–Kier alpha value is -6.32. The van der Waals surface area contributed by atoms with Gasteiger partial charge in [0.15, 0.2) is 0 Å². The fourth-order valence-corrected chi connectivity index (χ4v) is 4.29. The molecule has 4 rings (SSSR count). The lowest BCUT2D eigenvalue weighted by Crippen LogP contribution is -2.12. The standard InChI is InChI=1S/C28H10N8/c29-7-17(8-30)21-5-22(18(9-31)10-32)26-3-16-4-28-24(20(13-35)14-36)6-23(19(11-33)12-34)27(28)2-15(16)1-25(21)26/h1-6,29,31,33,35H. The molecule has 36 heavy (non-hydrogen) atoms. The van der Waals surface area contributed by atoms with Gasteiger partial charge in [0.1, 0.15) is 46.6 Å². The van der Waals surface area contributed by atoms with Gasteiger partial charge in [-0.2, -0.15) is 21.0 Å². The maximum absolute atomic E-state index is 9.51. The van der Waals surface area contributed by atoms with Gasteiger partial charge < -0.3 is 0 Å². The molecule has 0 aromatic heterocycles. The first-order valence-electron chi connectivity index (χ1n) is 10.1. The van der Waals surface area contributed by atoms with Crippen LogP contribution >= 0.6 is 0 Å². The predicted octanol–water partition coefficient (Wildman–Crippen LogP) is 2.73. The molecule has 0 unspecified atom stereocenters. The van der Waals surface area contributed by atoms with Gasteiger partial charge >= 0.3 is 0 Å². The van der Waals surface area contributed by atoms with Crippen molar-refractivity contribution in [2.24, 2.45) is 0 Å². The van der Waals surface area contributed by atoms with Crippen molar-refractivity contribution in [2.75, 3.05) is 0 Å². The first-order valence-corrected chi connectivity index (χ1v) is 10.1. The molecule has 0 radical (unpaired) electrons. The Balaban J connectivity index is 2.19. The molecule has 8 heteroatoms. The molecule has 162 valence electrons. The smallest absolute Gasteiger partial charge is 0.120 e. The topological polar surface area (TPSA) is 191 Å². The third kappa shape index (κ3) is 3.27. The largest absolute Gasteiger partial charge is 0.258 e. The van der Waals surface area contributed by atoms with Gasteiger partial charge in [0.2, 0.25) is 0 Å². The number of benzene rings is 2. The summed E-state index contributed by atoms with van der Waals surface area (Å²) in [5.74, 6) is 8.45. The number of hydrogen-bond acceptors (Lipinski definition) is 8. The minimum Gasteiger partial charge on any atom is -0.258 e. The fraction of sp³-hybridized carbons (Fsp3) is 0. The van der Waals surface area contributed by atoms with E-state index >= 15 is 0 Å². The maximum atomic E-state index is 9.51. The van der Waals surface area contributed by atoms with E-state index in [4.69, 9.17) is 21.6 Å². The second-order valence-corrected chi connectivity index (χ2v) is 7.53. The second kappa shape index (κ2) is 8.90. The summed E-state index contributed by atoms with van der Waals surface area (Å²) in [7, 11) is 0. The summed E-state index contributed by atoms with van der Waals surface area (Å²) in [6.45, 7) is 0. The van der Waals surface area contributed by atoms with Crippen molar-refractivity contribution >= 4 is 56.5 Å². The molecule has 0 saturated carbocycles. The maximum Gasteiger partial charge on any atom is 0.120 e. The van der Waals surface area contributed by atoms with Crippen molar-refractivity contribution in [2.45, 2.75) is 0 Å². The van der Waals surface area contributed by atoms with Crippen LogP contribution in [0, 0.1) is 67.0 Å². The lowest BCUT2D eigenvalue weighted by atomic mass is 9.94. The van der Waals surface area contributed by atoms with Crippen LogP contribution in [0.5, 0.6) is 0 Å². The molecule has 0 amide bonds. The van der Waals surface area contributed by atoms with Crippen molar-refractivity contribution in [3.8, 4) is 24.3 Å². The zero-order valence-electron chi connectivity index (χ0n) is 18.3. The number of allylic oxidation sites excluding steroid dienone is 8. The zero-order valence-corrected chi connectivity index (χ0v) is 18.3. The Morgan fingerprint density at radius 3 is 1.11 bits per heavy atom. The number of hydrogen-bond donors (Lipinski definition) is 4. The van der Waals surface area contributed by atoms with E-state index < -0.39 is 0 Å². The van der Waals surface area contributed by atoms with E-state index in [1.807, 2.05) is 24.3 Å². The van der Waals surface area contributed by atoms with Crippen LogP contribution in [0.3, 0.4) is 0 Å². The molecule has 2 aliphatic carbocycles. The van der Waals surface area contributed by atoms with Crippen LogP contribution in [0.15, 0.2) is 58.7 Å². The van der Waals surface area contributed by atoms with Crippen LogP contribution in [-0.2, 0) is 0 Å². The fourth-order valence-electron chi connectivity index (χ4n) is 4.29. The van der Waals surface area contributed by atoms with E-state index in [1.165, 1.54) is 0 Å². The van der Waals surface area contributed by atoms with Crippen LogP contribution in [0.2, 0.25) is 0 Å². The molecule has 0 spiro atoms.